The Kier molecular flexibility index (Phi) is 5.74. The zero-order chi connectivity index (χ0) is 19.6. The molecule has 0 aromatic heterocycles. The molecule has 2 aromatic carbocycles. The van der Waals surface area contributed by atoms with E-state index in [1.807, 2.05) is 12.1 Å². The van der Waals surface area contributed by atoms with Crippen molar-refractivity contribution < 1.29 is 17.9 Å². The fraction of sp³-hybridized carbons (Fsp3) is 0.478. The predicted molar refractivity (Wildman–Crippen MR) is 104 cm³/mol. The lowest BCUT2D eigenvalue weighted by atomic mass is 9.87. The zero-order valence-electron chi connectivity index (χ0n) is 15.9. The average molecular weight is 389 g/mol. The summed E-state index contributed by atoms with van der Waals surface area (Å²) < 4.78 is 46.9. The van der Waals surface area contributed by atoms with E-state index >= 15 is 0 Å². The van der Waals surface area contributed by atoms with Gasteiger partial charge in [0.2, 0.25) is 0 Å². The van der Waals surface area contributed by atoms with Gasteiger partial charge in [-0.1, -0.05) is 42.5 Å². The number of hydrogen-bond acceptors (Lipinski definition) is 2. The van der Waals surface area contributed by atoms with Crippen LogP contribution in [0.25, 0.3) is 11.1 Å². The zero-order valence-corrected chi connectivity index (χ0v) is 15.9. The van der Waals surface area contributed by atoms with Crippen LogP contribution in [0.1, 0.15) is 36.3 Å². The molecule has 2 atom stereocenters. The van der Waals surface area contributed by atoms with Crippen LogP contribution in [-0.4, -0.2) is 37.7 Å². The first-order chi connectivity index (χ1) is 13.5. The molecule has 5 heteroatoms. The van der Waals surface area contributed by atoms with E-state index in [1.165, 1.54) is 6.07 Å². The molecule has 0 bridgehead atoms. The molecule has 2 saturated heterocycles. The van der Waals surface area contributed by atoms with Crippen molar-refractivity contribution in [2.24, 2.45) is 5.92 Å². The molecule has 2 heterocycles. The van der Waals surface area contributed by atoms with Crippen LogP contribution >= 0.6 is 0 Å². The minimum atomic E-state index is -4.36. The molecular formula is C23H26F3NO. The summed E-state index contributed by atoms with van der Waals surface area (Å²) in [7, 11) is 0. The van der Waals surface area contributed by atoms with E-state index in [1.54, 1.807) is 30.3 Å². The maximum absolute atomic E-state index is 13.8. The van der Waals surface area contributed by atoms with Crippen molar-refractivity contribution in [3.63, 3.8) is 0 Å². The highest BCUT2D eigenvalue weighted by Gasteiger charge is 2.35. The van der Waals surface area contributed by atoms with Crippen LogP contribution in [0.3, 0.4) is 0 Å². The number of ether oxygens (including phenoxy) is 1. The molecule has 2 fully saturated rings. The van der Waals surface area contributed by atoms with Crippen molar-refractivity contribution in [1.29, 1.82) is 0 Å². The van der Waals surface area contributed by atoms with Gasteiger partial charge in [-0.25, -0.2) is 0 Å². The molecule has 150 valence electrons. The van der Waals surface area contributed by atoms with Crippen molar-refractivity contribution in [3.05, 3.63) is 59.7 Å². The summed E-state index contributed by atoms with van der Waals surface area (Å²) >= 11 is 0. The molecule has 0 spiro atoms. The maximum Gasteiger partial charge on any atom is 0.417 e. The van der Waals surface area contributed by atoms with Crippen LogP contribution in [0.2, 0.25) is 0 Å². The van der Waals surface area contributed by atoms with Gasteiger partial charge in [0, 0.05) is 19.7 Å². The first-order valence-corrected chi connectivity index (χ1v) is 10.1. The highest BCUT2D eigenvalue weighted by Crippen LogP contribution is 2.40. The normalized spacial score (nSPS) is 23.8. The number of likely N-dealkylation sites (tertiary alicyclic amines) is 1. The van der Waals surface area contributed by atoms with Crippen molar-refractivity contribution in [3.8, 4) is 11.1 Å². The molecule has 0 aliphatic carbocycles. The molecular weight excluding hydrogens is 363 g/mol. The largest absolute Gasteiger partial charge is 0.417 e. The van der Waals surface area contributed by atoms with Gasteiger partial charge in [0.1, 0.15) is 0 Å². The Labute approximate surface area is 164 Å². The van der Waals surface area contributed by atoms with Gasteiger partial charge in [0.05, 0.1) is 12.2 Å². The van der Waals surface area contributed by atoms with Gasteiger partial charge in [-0.05, 0) is 60.4 Å². The smallest absolute Gasteiger partial charge is 0.381 e. The highest BCUT2D eigenvalue weighted by atomic mass is 19.4. The molecule has 2 aromatic rings. The van der Waals surface area contributed by atoms with Gasteiger partial charge in [0.15, 0.2) is 0 Å². The lowest BCUT2D eigenvalue weighted by Crippen LogP contribution is -2.38. The van der Waals surface area contributed by atoms with Gasteiger partial charge in [-0.15, -0.1) is 0 Å². The summed E-state index contributed by atoms with van der Waals surface area (Å²) in [5, 5.41) is 0. The van der Waals surface area contributed by atoms with E-state index in [-0.39, 0.29) is 11.5 Å². The Bertz CT molecular complexity index is 784. The number of nitrogens with zero attached hydrogens (tertiary/aromatic N) is 1. The Morgan fingerprint density at radius 1 is 1.04 bits per heavy atom. The number of alkyl halides is 3. The van der Waals surface area contributed by atoms with Gasteiger partial charge < -0.3 is 9.64 Å². The van der Waals surface area contributed by atoms with Crippen LogP contribution in [0.5, 0.6) is 0 Å². The first kappa shape index (κ1) is 19.5. The van der Waals surface area contributed by atoms with Gasteiger partial charge in [0.25, 0.3) is 0 Å². The van der Waals surface area contributed by atoms with Crippen molar-refractivity contribution in [2.45, 2.75) is 31.4 Å². The number of rotatable bonds is 4. The van der Waals surface area contributed by atoms with E-state index in [4.69, 9.17) is 4.74 Å². The van der Waals surface area contributed by atoms with Crippen LogP contribution in [-0.2, 0) is 10.9 Å². The van der Waals surface area contributed by atoms with E-state index in [0.29, 0.717) is 11.5 Å². The first-order valence-electron chi connectivity index (χ1n) is 10.1. The minimum Gasteiger partial charge on any atom is -0.381 e. The predicted octanol–water partition coefficient (Wildman–Crippen LogP) is 5.59. The van der Waals surface area contributed by atoms with Crippen LogP contribution in [0.15, 0.2) is 48.5 Å². The molecule has 0 radical (unpaired) electrons. The van der Waals surface area contributed by atoms with Crippen LogP contribution in [0.4, 0.5) is 13.2 Å². The third kappa shape index (κ3) is 4.41. The summed E-state index contributed by atoms with van der Waals surface area (Å²) in [5.74, 6) is 0.715. The molecule has 2 unspecified atom stereocenters. The molecule has 2 aliphatic heterocycles. The number of hydrogen-bond donors (Lipinski definition) is 0. The maximum atomic E-state index is 13.8. The molecule has 0 saturated carbocycles. The second-order valence-electron chi connectivity index (χ2n) is 8.00. The van der Waals surface area contributed by atoms with E-state index in [2.05, 4.69) is 4.90 Å². The monoisotopic (exact) mass is 389 g/mol. The fourth-order valence-electron chi connectivity index (χ4n) is 4.51. The summed E-state index contributed by atoms with van der Waals surface area (Å²) in [5.41, 5.74) is 1.14. The van der Waals surface area contributed by atoms with E-state index < -0.39 is 11.7 Å². The fourth-order valence-corrected chi connectivity index (χ4v) is 4.51. The molecule has 2 aliphatic rings. The van der Waals surface area contributed by atoms with Crippen molar-refractivity contribution in [1.82, 2.24) is 4.90 Å². The quantitative estimate of drug-likeness (QED) is 0.676. The molecule has 2 nitrogen and oxygen atoms in total. The Hall–Kier alpha value is -1.85. The lowest BCUT2D eigenvalue weighted by Gasteiger charge is -2.34. The summed E-state index contributed by atoms with van der Waals surface area (Å²) in [4.78, 5) is 2.41. The van der Waals surface area contributed by atoms with Gasteiger partial charge >= 0.3 is 6.18 Å². The number of benzene rings is 2. The third-order valence-corrected chi connectivity index (χ3v) is 5.95. The Balaban J connectivity index is 1.57. The van der Waals surface area contributed by atoms with Crippen LogP contribution in [0, 0.1) is 5.92 Å². The SMILES string of the molecule is FC(F)(F)c1cc(C2CCCN(CC3CCOC3)C2)ccc1-c1ccccc1. The second-order valence-corrected chi connectivity index (χ2v) is 8.00. The molecule has 0 N–H and O–H groups in total. The van der Waals surface area contributed by atoms with Crippen molar-refractivity contribution in [2.75, 3.05) is 32.8 Å². The minimum absolute atomic E-state index is 0.155. The third-order valence-electron chi connectivity index (χ3n) is 5.95. The van der Waals surface area contributed by atoms with Gasteiger partial charge in [-0.2, -0.15) is 13.2 Å². The molecule has 0 amide bonds. The summed E-state index contributed by atoms with van der Waals surface area (Å²) in [6.45, 7) is 4.49. The van der Waals surface area contributed by atoms with Crippen molar-refractivity contribution >= 4 is 0 Å². The van der Waals surface area contributed by atoms with E-state index in [9.17, 15) is 13.2 Å². The summed E-state index contributed by atoms with van der Waals surface area (Å²) in [6.07, 6.45) is -1.30. The van der Waals surface area contributed by atoms with Gasteiger partial charge in [-0.3, -0.25) is 0 Å². The van der Waals surface area contributed by atoms with E-state index in [0.717, 1.165) is 57.7 Å². The summed E-state index contributed by atoms with van der Waals surface area (Å²) in [6, 6.07) is 13.8. The Morgan fingerprint density at radius 2 is 1.86 bits per heavy atom. The number of halogens is 3. The second kappa shape index (κ2) is 8.26. The standard InChI is InChI=1S/C23H26F3NO/c24-23(25,26)22-13-19(8-9-21(22)18-5-2-1-3-6-18)20-7-4-11-27(15-20)14-17-10-12-28-16-17/h1-3,5-6,8-9,13,17,20H,4,7,10-12,14-16H2. The highest BCUT2D eigenvalue weighted by molar-refractivity contribution is 5.68. The average Bonchev–Trinajstić information content (AvgIpc) is 3.21. The molecule has 28 heavy (non-hydrogen) atoms. The topological polar surface area (TPSA) is 12.5 Å². The van der Waals surface area contributed by atoms with Crippen LogP contribution < -0.4 is 0 Å². The lowest BCUT2D eigenvalue weighted by molar-refractivity contribution is -0.137. The Morgan fingerprint density at radius 3 is 2.57 bits per heavy atom. The molecule has 4 rings (SSSR count). The number of piperidine rings is 1.